The molecule has 0 radical (unpaired) electrons. The summed E-state index contributed by atoms with van der Waals surface area (Å²) in [4.78, 5) is 21.8. The van der Waals surface area contributed by atoms with E-state index in [1.165, 1.54) is 0 Å². The number of ketones is 1. The molecule has 1 aromatic rings. The Hall–Kier alpha value is -1.16. The first-order chi connectivity index (χ1) is 7.50. The van der Waals surface area contributed by atoms with Gasteiger partial charge in [-0.1, -0.05) is 45.8 Å². The van der Waals surface area contributed by atoms with E-state index in [0.717, 1.165) is 5.56 Å². The van der Waals surface area contributed by atoms with Crippen LogP contribution in [0.1, 0.15) is 28.8 Å². The quantitative estimate of drug-likeness (QED) is 0.668. The van der Waals surface area contributed by atoms with Crippen LogP contribution in [0, 0.1) is 6.92 Å². The molecule has 0 amide bonds. The lowest BCUT2D eigenvalue weighted by molar-refractivity contribution is -0.137. The summed E-state index contributed by atoms with van der Waals surface area (Å²) in [5, 5.41) is 8.52. The number of aryl methyl sites for hydroxylation is 1. The van der Waals surface area contributed by atoms with E-state index in [-0.39, 0.29) is 12.2 Å². The molecule has 0 spiro atoms. The van der Waals surface area contributed by atoms with Crippen molar-refractivity contribution in [1.82, 2.24) is 0 Å². The van der Waals surface area contributed by atoms with Gasteiger partial charge in [0.05, 0.1) is 4.83 Å². The third-order valence-electron chi connectivity index (χ3n) is 2.23. The standard InChI is InChI=1S/C12H13BrO3/c1-8-2-4-9(5-3-8)12(16)10(13)6-7-11(14)15/h2-5,10H,6-7H2,1H3,(H,14,15). The summed E-state index contributed by atoms with van der Waals surface area (Å²) < 4.78 is 0. The first-order valence-corrected chi connectivity index (χ1v) is 5.89. The highest BCUT2D eigenvalue weighted by Crippen LogP contribution is 2.15. The predicted molar refractivity (Wildman–Crippen MR) is 65.1 cm³/mol. The van der Waals surface area contributed by atoms with Crippen molar-refractivity contribution in [1.29, 1.82) is 0 Å². The Labute approximate surface area is 103 Å². The van der Waals surface area contributed by atoms with Gasteiger partial charge in [-0.15, -0.1) is 0 Å². The van der Waals surface area contributed by atoms with E-state index in [9.17, 15) is 9.59 Å². The third-order valence-corrected chi connectivity index (χ3v) is 3.11. The van der Waals surface area contributed by atoms with Gasteiger partial charge in [0.2, 0.25) is 0 Å². The minimum atomic E-state index is -0.888. The average Bonchev–Trinajstić information content (AvgIpc) is 2.26. The van der Waals surface area contributed by atoms with Crippen LogP contribution in [-0.4, -0.2) is 21.7 Å². The number of carboxylic acid groups (broad SMARTS) is 1. The van der Waals surface area contributed by atoms with E-state index in [1.807, 2.05) is 19.1 Å². The fourth-order valence-electron chi connectivity index (χ4n) is 1.28. The molecule has 0 fully saturated rings. The Balaban J connectivity index is 2.63. The zero-order chi connectivity index (χ0) is 12.1. The summed E-state index contributed by atoms with van der Waals surface area (Å²) in [6.07, 6.45) is 0.301. The van der Waals surface area contributed by atoms with Crippen molar-refractivity contribution >= 4 is 27.7 Å². The fraction of sp³-hybridized carbons (Fsp3) is 0.333. The number of rotatable bonds is 5. The molecule has 4 heteroatoms. The molecule has 1 aromatic carbocycles. The van der Waals surface area contributed by atoms with Crippen molar-refractivity contribution in [2.24, 2.45) is 0 Å². The molecule has 0 aliphatic rings. The Kier molecular flexibility index (Phi) is 4.68. The van der Waals surface area contributed by atoms with Crippen molar-refractivity contribution in [3.63, 3.8) is 0 Å². The first kappa shape index (κ1) is 12.9. The molecule has 0 heterocycles. The Morgan fingerprint density at radius 2 is 1.88 bits per heavy atom. The van der Waals surface area contributed by atoms with E-state index in [4.69, 9.17) is 5.11 Å². The summed E-state index contributed by atoms with van der Waals surface area (Å²) in [7, 11) is 0. The van der Waals surface area contributed by atoms with E-state index >= 15 is 0 Å². The van der Waals surface area contributed by atoms with Gasteiger partial charge in [-0.05, 0) is 13.3 Å². The van der Waals surface area contributed by atoms with E-state index < -0.39 is 10.8 Å². The van der Waals surface area contributed by atoms with Crippen molar-refractivity contribution in [3.05, 3.63) is 35.4 Å². The van der Waals surface area contributed by atoms with Crippen molar-refractivity contribution in [2.75, 3.05) is 0 Å². The van der Waals surface area contributed by atoms with E-state index in [1.54, 1.807) is 12.1 Å². The molecule has 1 unspecified atom stereocenters. The Morgan fingerprint density at radius 3 is 2.38 bits per heavy atom. The minimum Gasteiger partial charge on any atom is -0.481 e. The smallest absolute Gasteiger partial charge is 0.303 e. The highest BCUT2D eigenvalue weighted by molar-refractivity contribution is 9.10. The SMILES string of the molecule is Cc1ccc(C(=O)C(Br)CCC(=O)O)cc1. The van der Waals surface area contributed by atoms with Gasteiger partial charge >= 0.3 is 5.97 Å². The van der Waals surface area contributed by atoms with Gasteiger partial charge in [0.15, 0.2) is 5.78 Å². The summed E-state index contributed by atoms with van der Waals surface area (Å²) in [5.74, 6) is -0.956. The molecule has 0 aromatic heterocycles. The lowest BCUT2D eigenvalue weighted by atomic mass is 10.0. The minimum absolute atomic E-state index is 0.00643. The van der Waals surface area contributed by atoms with Gasteiger partial charge in [0, 0.05) is 12.0 Å². The van der Waals surface area contributed by atoms with E-state index in [2.05, 4.69) is 15.9 Å². The molecule has 0 aliphatic carbocycles. The monoisotopic (exact) mass is 284 g/mol. The highest BCUT2D eigenvalue weighted by atomic mass is 79.9. The number of Topliss-reactive ketones (excluding diaryl/α,β-unsaturated/α-hetero) is 1. The zero-order valence-electron chi connectivity index (χ0n) is 8.94. The Morgan fingerprint density at radius 1 is 1.31 bits per heavy atom. The van der Waals surface area contributed by atoms with Crippen LogP contribution in [0.3, 0.4) is 0 Å². The van der Waals surface area contributed by atoms with Crippen LogP contribution in [0.15, 0.2) is 24.3 Å². The van der Waals surface area contributed by atoms with Crippen LogP contribution >= 0.6 is 15.9 Å². The van der Waals surface area contributed by atoms with Crippen molar-refractivity contribution in [2.45, 2.75) is 24.6 Å². The number of carboxylic acids is 1. The van der Waals surface area contributed by atoms with E-state index in [0.29, 0.717) is 12.0 Å². The maximum Gasteiger partial charge on any atom is 0.303 e. The third kappa shape index (κ3) is 3.77. The summed E-state index contributed by atoms with van der Waals surface area (Å²) in [6.45, 7) is 1.95. The topological polar surface area (TPSA) is 54.4 Å². The van der Waals surface area contributed by atoms with Gasteiger partial charge in [-0.2, -0.15) is 0 Å². The lowest BCUT2D eigenvalue weighted by Gasteiger charge is -2.07. The van der Waals surface area contributed by atoms with Crippen LogP contribution < -0.4 is 0 Å². The summed E-state index contributed by atoms with van der Waals surface area (Å²) in [5.41, 5.74) is 1.70. The maximum atomic E-state index is 11.8. The number of halogens is 1. The second-order valence-electron chi connectivity index (χ2n) is 3.63. The average molecular weight is 285 g/mol. The zero-order valence-corrected chi connectivity index (χ0v) is 10.5. The lowest BCUT2D eigenvalue weighted by Crippen LogP contribution is -2.15. The molecule has 1 atom stereocenters. The van der Waals surface area contributed by atoms with Gasteiger partial charge in [-0.25, -0.2) is 0 Å². The number of hydrogen-bond donors (Lipinski definition) is 1. The summed E-state index contributed by atoms with van der Waals surface area (Å²) in [6, 6.07) is 7.24. The molecule has 16 heavy (non-hydrogen) atoms. The molecule has 1 N–H and O–H groups in total. The largest absolute Gasteiger partial charge is 0.481 e. The maximum absolute atomic E-state index is 11.8. The summed E-state index contributed by atoms with van der Waals surface area (Å²) >= 11 is 3.21. The first-order valence-electron chi connectivity index (χ1n) is 4.97. The molecular formula is C12H13BrO3. The van der Waals surface area contributed by atoms with Crippen LogP contribution in [-0.2, 0) is 4.79 Å². The van der Waals surface area contributed by atoms with Gasteiger partial charge in [0.25, 0.3) is 0 Å². The number of aliphatic carboxylic acids is 1. The molecule has 0 saturated heterocycles. The number of carbonyl (C=O) groups excluding carboxylic acids is 1. The molecule has 3 nitrogen and oxygen atoms in total. The predicted octanol–water partition coefficient (Wildman–Crippen LogP) is 2.81. The number of carbonyl (C=O) groups is 2. The van der Waals surface area contributed by atoms with Crippen molar-refractivity contribution < 1.29 is 14.7 Å². The van der Waals surface area contributed by atoms with Crippen LogP contribution in [0.5, 0.6) is 0 Å². The van der Waals surface area contributed by atoms with Gasteiger partial charge in [-0.3, -0.25) is 9.59 Å². The number of benzene rings is 1. The number of alkyl halides is 1. The normalized spacial score (nSPS) is 12.1. The highest BCUT2D eigenvalue weighted by Gasteiger charge is 2.17. The molecule has 86 valence electrons. The van der Waals surface area contributed by atoms with Crippen LogP contribution in [0.2, 0.25) is 0 Å². The van der Waals surface area contributed by atoms with Crippen molar-refractivity contribution in [3.8, 4) is 0 Å². The molecule has 0 saturated carbocycles. The molecule has 0 aliphatic heterocycles. The fourth-order valence-corrected chi connectivity index (χ4v) is 1.77. The van der Waals surface area contributed by atoms with Crippen LogP contribution in [0.25, 0.3) is 0 Å². The van der Waals surface area contributed by atoms with Gasteiger partial charge < -0.3 is 5.11 Å². The molecule has 0 bridgehead atoms. The number of hydrogen-bond acceptors (Lipinski definition) is 2. The second-order valence-corrected chi connectivity index (χ2v) is 4.74. The van der Waals surface area contributed by atoms with Crippen LogP contribution in [0.4, 0.5) is 0 Å². The molecule has 1 rings (SSSR count). The second kappa shape index (κ2) is 5.80. The Bertz CT molecular complexity index is 384. The molecular weight excluding hydrogens is 272 g/mol. The van der Waals surface area contributed by atoms with Gasteiger partial charge in [0.1, 0.15) is 0 Å².